The van der Waals surface area contributed by atoms with Crippen LogP contribution in [0.2, 0.25) is 0 Å². The number of anilines is 1. The molecule has 2 aliphatic rings. The third-order valence-electron chi connectivity index (χ3n) is 5.39. The van der Waals surface area contributed by atoms with E-state index in [0.717, 1.165) is 18.8 Å². The number of furan rings is 1. The summed E-state index contributed by atoms with van der Waals surface area (Å²) in [6.07, 6.45) is 1.64. The molecule has 1 saturated heterocycles. The van der Waals surface area contributed by atoms with Gasteiger partial charge in [0, 0.05) is 37.9 Å². The van der Waals surface area contributed by atoms with Crippen LogP contribution in [-0.2, 0) is 4.79 Å². The monoisotopic (exact) mass is 451 g/mol. The number of thioether (sulfide) groups is 1. The van der Waals surface area contributed by atoms with E-state index in [1.54, 1.807) is 48.5 Å². The van der Waals surface area contributed by atoms with E-state index in [0.29, 0.717) is 40.2 Å². The second kappa shape index (κ2) is 8.63. The van der Waals surface area contributed by atoms with E-state index in [9.17, 15) is 13.6 Å². The number of piperazine rings is 1. The number of benzene rings is 2. The molecule has 2 aliphatic heterocycles. The summed E-state index contributed by atoms with van der Waals surface area (Å²) in [5, 5.41) is 0.667. The number of hydrogen-bond donors (Lipinski definition) is 0. The summed E-state index contributed by atoms with van der Waals surface area (Å²) in [5.41, 5.74) is 1.35. The molecular weight excluding hydrogens is 432 g/mol. The summed E-state index contributed by atoms with van der Waals surface area (Å²) in [7, 11) is 0. The molecule has 3 heterocycles. The topological polar surface area (TPSA) is 49.1 Å². The number of hydrogen-bond acceptors (Lipinski definition) is 5. The van der Waals surface area contributed by atoms with Crippen molar-refractivity contribution in [3.63, 3.8) is 0 Å². The molecule has 0 atom stereocenters. The molecule has 0 spiro atoms. The molecule has 162 valence electrons. The van der Waals surface area contributed by atoms with Crippen LogP contribution in [0.1, 0.15) is 5.76 Å². The van der Waals surface area contributed by atoms with Gasteiger partial charge in [0.25, 0.3) is 5.91 Å². The summed E-state index contributed by atoms with van der Waals surface area (Å²) in [5.74, 6) is -0.0489. The predicted molar refractivity (Wildman–Crippen MR) is 122 cm³/mol. The lowest BCUT2D eigenvalue weighted by Crippen LogP contribution is -2.47. The number of carbonyl (C=O) groups excluding carboxylic acids is 1. The van der Waals surface area contributed by atoms with Crippen molar-refractivity contribution in [3.8, 4) is 11.3 Å². The number of halogens is 2. The lowest BCUT2D eigenvalue weighted by atomic mass is 10.1. The van der Waals surface area contributed by atoms with Gasteiger partial charge < -0.3 is 14.2 Å². The highest BCUT2D eigenvalue weighted by Crippen LogP contribution is 2.33. The van der Waals surface area contributed by atoms with Crippen molar-refractivity contribution in [2.24, 2.45) is 4.99 Å². The molecule has 0 unspecified atom stereocenters. The van der Waals surface area contributed by atoms with Crippen LogP contribution in [0.25, 0.3) is 17.4 Å². The molecule has 0 bridgehead atoms. The number of carbonyl (C=O) groups is 1. The highest BCUT2D eigenvalue weighted by Gasteiger charge is 2.29. The Morgan fingerprint density at radius 1 is 0.906 bits per heavy atom. The van der Waals surface area contributed by atoms with Gasteiger partial charge in [-0.15, -0.1) is 0 Å². The molecule has 3 aromatic rings. The highest BCUT2D eigenvalue weighted by atomic mass is 32.2. The number of amides is 1. The summed E-state index contributed by atoms with van der Waals surface area (Å²) < 4.78 is 32.9. The first-order valence-electron chi connectivity index (χ1n) is 10.2. The Balaban J connectivity index is 1.24. The predicted octanol–water partition coefficient (Wildman–Crippen LogP) is 5.02. The first-order valence-corrected chi connectivity index (χ1v) is 11.0. The molecule has 0 aliphatic carbocycles. The Kier molecular flexibility index (Phi) is 5.53. The second-order valence-electron chi connectivity index (χ2n) is 7.44. The SMILES string of the molecule is O=C1N=C(N2CCN(c3ccc(F)cc3)CC2)SC1=Cc1ccc(-c2ccccc2F)o1. The zero-order valence-corrected chi connectivity index (χ0v) is 17.8. The third-order valence-corrected chi connectivity index (χ3v) is 6.44. The average Bonchev–Trinajstić information content (AvgIpc) is 3.42. The molecular formula is C24H19F2N3O2S. The van der Waals surface area contributed by atoms with Crippen LogP contribution in [0.15, 0.2) is 75.0 Å². The zero-order valence-electron chi connectivity index (χ0n) is 17.0. The van der Waals surface area contributed by atoms with Crippen molar-refractivity contribution in [2.75, 3.05) is 31.1 Å². The van der Waals surface area contributed by atoms with Crippen LogP contribution in [0.3, 0.4) is 0 Å². The van der Waals surface area contributed by atoms with Gasteiger partial charge in [0.05, 0.1) is 10.5 Å². The molecule has 1 fully saturated rings. The smallest absolute Gasteiger partial charge is 0.286 e. The van der Waals surface area contributed by atoms with Crippen molar-refractivity contribution in [3.05, 3.63) is 83.0 Å². The van der Waals surface area contributed by atoms with Gasteiger partial charge in [-0.2, -0.15) is 4.99 Å². The maximum atomic E-state index is 14.0. The van der Waals surface area contributed by atoms with E-state index in [1.807, 2.05) is 0 Å². The van der Waals surface area contributed by atoms with Crippen LogP contribution in [-0.4, -0.2) is 42.2 Å². The van der Waals surface area contributed by atoms with Crippen molar-refractivity contribution in [1.29, 1.82) is 0 Å². The first kappa shape index (κ1) is 20.5. The van der Waals surface area contributed by atoms with E-state index in [-0.39, 0.29) is 17.5 Å². The number of aliphatic imine (C=N–C) groups is 1. The van der Waals surface area contributed by atoms with Gasteiger partial charge in [0.1, 0.15) is 23.2 Å². The van der Waals surface area contributed by atoms with Gasteiger partial charge in [0.2, 0.25) is 0 Å². The van der Waals surface area contributed by atoms with Crippen LogP contribution >= 0.6 is 11.8 Å². The standard InChI is InChI=1S/C24H19F2N3O2S/c25-16-5-7-17(8-6-16)28-11-13-29(14-12-28)24-27-23(30)22(32-24)15-18-9-10-21(31-18)19-3-1-2-4-20(19)26/h1-10,15H,11-14H2. The molecule has 1 amide bonds. The maximum absolute atomic E-state index is 14.0. The molecule has 5 rings (SSSR count). The van der Waals surface area contributed by atoms with Gasteiger partial charge in [0.15, 0.2) is 5.17 Å². The molecule has 0 N–H and O–H groups in total. The highest BCUT2D eigenvalue weighted by molar-refractivity contribution is 8.18. The normalized spacial score (nSPS) is 17.9. The largest absolute Gasteiger partial charge is 0.457 e. The Morgan fingerprint density at radius 2 is 1.62 bits per heavy atom. The van der Waals surface area contributed by atoms with Gasteiger partial charge in [-0.3, -0.25) is 4.79 Å². The Morgan fingerprint density at radius 3 is 2.38 bits per heavy atom. The van der Waals surface area contributed by atoms with Gasteiger partial charge in [-0.1, -0.05) is 12.1 Å². The molecule has 0 saturated carbocycles. The van der Waals surface area contributed by atoms with Gasteiger partial charge in [-0.05, 0) is 60.3 Å². The minimum atomic E-state index is -0.363. The maximum Gasteiger partial charge on any atom is 0.286 e. The van der Waals surface area contributed by atoms with Gasteiger partial charge >= 0.3 is 0 Å². The fourth-order valence-corrected chi connectivity index (χ4v) is 4.65. The third kappa shape index (κ3) is 4.18. The lowest BCUT2D eigenvalue weighted by molar-refractivity contribution is -0.113. The van der Waals surface area contributed by atoms with Crippen molar-refractivity contribution in [1.82, 2.24) is 4.90 Å². The average molecular weight is 451 g/mol. The summed E-state index contributed by atoms with van der Waals surface area (Å²) >= 11 is 1.31. The van der Waals surface area contributed by atoms with Crippen LogP contribution < -0.4 is 4.90 Å². The van der Waals surface area contributed by atoms with E-state index in [2.05, 4.69) is 14.8 Å². The van der Waals surface area contributed by atoms with Crippen molar-refractivity contribution in [2.45, 2.75) is 0 Å². The Hall–Kier alpha value is -3.39. The van der Waals surface area contributed by atoms with Crippen LogP contribution in [0.4, 0.5) is 14.5 Å². The van der Waals surface area contributed by atoms with E-state index in [1.165, 1.54) is 30.0 Å². The summed E-state index contributed by atoms with van der Waals surface area (Å²) in [4.78, 5) is 21.4. The van der Waals surface area contributed by atoms with Crippen LogP contribution in [0, 0.1) is 11.6 Å². The Labute approximate surface area is 188 Å². The quantitative estimate of drug-likeness (QED) is 0.524. The first-order chi connectivity index (χ1) is 15.6. The molecule has 1 aromatic heterocycles. The number of amidine groups is 1. The van der Waals surface area contributed by atoms with Crippen LogP contribution in [0.5, 0.6) is 0 Å². The molecule has 2 aromatic carbocycles. The molecule has 32 heavy (non-hydrogen) atoms. The molecule has 5 nitrogen and oxygen atoms in total. The van der Waals surface area contributed by atoms with Crippen molar-refractivity contribution < 1.29 is 18.0 Å². The lowest BCUT2D eigenvalue weighted by Gasteiger charge is -2.36. The second-order valence-corrected chi connectivity index (χ2v) is 8.45. The molecule has 0 radical (unpaired) electrons. The van der Waals surface area contributed by atoms with E-state index >= 15 is 0 Å². The number of nitrogens with zero attached hydrogens (tertiary/aromatic N) is 3. The summed E-state index contributed by atoms with van der Waals surface area (Å²) in [6.45, 7) is 2.93. The van der Waals surface area contributed by atoms with E-state index < -0.39 is 0 Å². The number of rotatable bonds is 3. The van der Waals surface area contributed by atoms with Gasteiger partial charge in [-0.25, -0.2) is 8.78 Å². The van der Waals surface area contributed by atoms with Crippen molar-refractivity contribution >= 4 is 34.6 Å². The minimum Gasteiger partial charge on any atom is -0.457 e. The minimum absolute atomic E-state index is 0.250. The fraction of sp³-hybridized carbons (Fsp3) is 0.167. The zero-order chi connectivity index (χ0) is 22.1. The summed E-state index contributed by atoms with van der Waals surface area (Å²) in [6, 6.07) is 16.2. The Bertz CT molecular complexity index is 1210. The van der Waals surface area contributed by atoms with E-state index in [4.69, 9.17) is 4.42 Å². The fourth-order valence-electron chi connectivity index (χ4n) is 3.71. The molecule has 8 heteroatoms.